The van der Waals surface area contributed by atoms with Crippen molar-refractivity contribution in [3.63, 3.8) is 0 Å². The summed E-state index contributed by atoms with van der Waals surface area (Å²) in [6, 6.07) is 0.623. The van der Waals surface area contributed by atoms with Gasteiger partial charge in [-0.15, -0.1) is 0 Å². The van der Waals surface area contributed by atoms with Crippen molar-refractivity contribution in [3.8, 4) is 0 Å². The largest absolute Gasteiger partial charge is 0.390 e. The lowest BCUT2D eigenvalue weighted by molar-refractivity contribution is -0.0569. The van der Waals surface area contributed by atoms with Gasteiger partial charge in [0, 0.05) is 6.04 Å². The smallest absolute Gasteiger partial charge is 0.0625 e. The van der Waals surface area contributed by atoms with Crippen molar-refractivity contribution in [2.24, 2.45) is 17.8 Å². The molecule has 2 fully saturated rings. The summed E-state index contributed by atoms with van der Waals surface area (Å²) < 4.78 is 0. The van der Waals surface area contributed by atoms with Crippen LogP contribution in [0.25, 0.3) is 0 Å². The van der Waals surface area contributed by atoms with Crippen LogP contribution in [-0.4, -0.2) is 23.8 Å². The first-order valence-corrected chi connectivity index (χ1v) is 5.91. The van der Waals surface area contributed by atoms with Gasteiger partial charge in [-0.1, -0.05) is 6.92 Å². The Hall–Kier alpha value is -0.0800. The van der Waals surface area contributed by atoms with Gasteiger partial charge in [0.1, 0.15) is 0 Å². The number of hydrogen-bond donors (Lipinski definition) is 2. The molecule has 0 aromatic rings. The van der Waals surface area contributed by atoms with Crippen LogP contribution in [0.1, 0.15) is 39.5 Å². The highest BCUT2D eigenvalue weighted by Gasteiger charge is 2.44. The number of fused-ring (bicyclic) bond motifs is 2. The first-order valence-electron chi connectivity index (χ1n) is 5.91. The van der Waals surface area contributed by atoms with Gasteiger partial charge in [0.05, 0.1) is 5.60 Å². The lowest BCUT2D eigenvalue weighted by atomic mass is 9.61. The molecule has 0 saturated heterocycles. The Kier molecular flexibility index (Phi) is 2.61. The Balaban J connectivity index is 2.12. The minimum absolute atomic E-state index is 0.400. The molecule has 82 valence electrons. The highest BCUT2D eigenvalue weighted by Crippen LogP contribution is 2.46. The molecule has 0 aliphatic heterocycles. The van der Waals surface area contributed by atoms with E-state index in [0.717, 1.165) is 24.7 Å². The van der Waals surface area contributed by atoms with Crippen LogP contribution in [0, 0.1) is 17.8 Å². The Morgan fingerprint density at radius 2 is 2.00 bits per heavy atom. The monoisotopic (exact) mass is 197 g/mol. The molecule has 5 unspecified atom stereocenters. The summed E-state index contributed by atoms with van der Waals surface area (Å²) >= 11 is 0. The molecule has 0 aromatic heterocycles. The predicted octanol–water partition coefficient (Wildman–Crippen LogP) is 1.78. The van der Waals surface area contributed by atoms with E-state index in [2.05, 4.69) is 19.3 Å². The van der Waals surface area contributed by atoms with Crippen LogP contribution in [0.5, 0.6) is 0 Å². The van der Waals surface area contributed by atoms with Gasteiger partial charge >= 0.3 is 0 Å². The summed E-state index contributed by atoms with van der Waals surface area (Å²) in [4.78, 5) is 0. The van der Waals surface area contributed by atoms with Crippen molar-refractivity contribution < 1.29 is 5.11 Å². The van der Waals surface area contributed by atoms with E-state index in [1.165, 1.54) is 12.8 Å². The van der Waals surface area contributed by atoms with E-state index < -0.39 is 5.60 Å². The van der Waals surface area contributed by atoms with Crippen LogP contribution in [-0.2, 0) is 0 Å². The number of hydrogen-bond acceptors (Lipinski definition) is 2. The normalized spacial score (nSPS) is 53.1. The molecule has 2 nitrogen and oxygen atoms in total. The second kappa shape index (κ2) is 3.49. The second-order valence-electron chi connectivity index (χ2n) is 5.79. The third-order valence-corrected chi connectivity index (χ3v) is 4.23. The van der Waals surface area contributed by atoms with Crippen LogP contribution in [0.15, 0.2) is 0 Å². The number of aliphatic hydroxyl groups is 1. The van der Waals surface area contributed by atoms with Crippen molar-refractivity contribution in [2.75, 3.05) is 7.05 Å². The van der Waals surface area contributed by atoms with Crippen molar-refractivity contribution >= 4 is 0 Å². The Labute approximate surface area is 87.1 Å². The van der Waals surface area contributed by atoms with Gasteiger partial charge in [0.2, 0.25) is 0 Å². The third-order valence-electron chi connectivity index (χ3n) is 4.23. The van der Waals surface area contributed by atoms with Crippen LogP contribution in [0.3, 0.4) is 0 Å². The zero-order valence-corrected chi connectivity index (χ0v) is 9.59. The molecular weight excluding hydrogens is 174 g/mol. The number of rotatable bonds is 1. The average molecular weight is 197 g/mol. The molecule has 0 heterocycles. The Morgan fingerprint density at radius 1 is 1.29 bits per heavy atom. The maximum absolute atomic E-state index is 10.2. The first-order chi connectivity index (χ1) is 6.52. The summed E-state index contributed by atoms with van der Waals surface area (Å²) in [6.07, 6.45) is 4.62. The Bertz CT molecular complexity index is 212. The molecule has 2 bridgehead atoms. The second-order valence-corrected chi connectivity index (χ2v) is 5.79. The molecule has 0 spiro atoms. The van der Waals surface area contributed by atoms with Gasteiger partial charge in [-0.25, -0.2) is 0 Å². The molecule has 2 aliphatic carbocycles. The lowest BCUT2D eigenvalue weighted by Gasteiger charge is -2.49. The summed E-state index contributed by atoms with van der Waals surface area (Å²) in [5.41, 5.74) is -0.400. The molecular formula is C12H23NO. The van der Waals surface area contributed by atoms with E-state index in [0.29, 0.717) is 12.0 Å². The third kappa shape index (κ3) is 1.82. The summed E-state index contributed by atoms with van der Waals surface area (Å²) in [5, 5.41) is 13.6. The van der Waals surface area contributed by atoms with Crippen LogP contribution >= 0.6 is 0 Å². The maximum Gasteiger partial charge on any atom is 0.0625 e. The quantitative estimate of drug-likeness (QED) is 0.671. The van der Waals surface area contributed by atoms with Gasteiger partial charge in [-0.05, 0) is 57.4 Å². The molecule has 2 heteroatoms. The van der Waals surface area contributed by atoms with E-state index in [9.17, 15) is 5.11 Å². The zero-order chi connectivity index (χ0) is 10.3. The predicted molar refractivity (Wildman–Crippen MR) is 58.1 cm³/mol. The average Bonchev–Trinajstić information content (AvgIpc) is 2.00. The molecule has 14 heavy (non-hydrogen) atoms. The summed E-state index contributed by atoms with van der Waals surface area (Å²) in [7, 11) is 2.06. The first kappa shape index (κ1) is 10.4. The van der Waals surface area contributed by atoms with Crippen molar-refractivity contribution in [2.45, 2.75) is 51.2 Å². The fraction of sp³-hybridized carbons (Fsp3) is 1.00. The van der Waals surface area contributed by atoms with Gasteiger partial charge in [0.25, 0.3) is 0 Å². The van der Waals surface area contributed by atoms with Gasteiger partial charge < -0.3 is 10.4 Å². The van der Waals surface area contributed by atoms with E-state index in [-0.39, 0.29) is 0 Å². The van der Waals surface area contributed by atoms with E-state index in [4.69, 9.17) is 0 Å². The highest BCUT2D eigenvalue weighted by molar-refractivity contribution is 4.97. The van der Waals surface area contributed by atoms with E-state index in [1.807, 2.05) is 6.92 Å². The van der Waals surface area contributed by atoms with Crippen LogP contribution in [0.4, 0.5) is 0 Å². The molecule has 0 radical (unpaired) electrons. The van der Waals surface area contributed by atoms with Crippen LogP contribution < -0.4 is 5.32 Å². The fourth-order valence-corrected chi connectivity index (χ4v) is 3.98. The SMILES string of the molecule is CNC1C(C)CC2CC1CC(C)(O)C2. The van der Waals surface area contributed by atoms with Crippen molar-refractivity contribution in [1.82, 2.24) is 5.32 Å². The molecule has 5 atom stereocenters. The van der Waals surface area contributed by atoms with E-state index >= 15 is 0 Å². The molecule has 2 aliphatic rings. The molecule has 2 N–H and O–H groups in total. The lowest BCUT2D eigenvalue weighted by Crippen LogP contribution is -2.51. The van der Waals surface area contributed by atoms with E-state index in [1.54, 1.807) is 0 Å². The van der Waals surface area contributed by atoms with Gasteiger partial charge in [0.15, 0.2) is 0 Å². The standard InChI is InChI=1S/C12H23NO/c1-8-4-9-5-10(11(8)13-3)7-12(2,14)6-9/h8-11,13-14H,4-7H2,1-3H3. The number of nitrogens with one attached hydrogen (secondary N) is 1. The summed E-state index contributed by atoms with van der Waals surface area (Å²) in [5.74, 6) is 2.24. The summed E-state index contributed by atoms with van der Waals surface area (Å²) in [6.45, 7) is 4.36. The minimum atomic E-state index is -0.400. The fourth-order valence-electron chi connectivity index (χ4n) is 3.98. The van der Waals surface area contributed by atoms with Gasteiger partial charge in [-0.2, -0.15) is 0 Å². The molecule has 2 rings (SSSR count). The topological polar surface area (TPSA) is 32.3 Å². The molecule has 0 amide bonds. The zero-order valence-electron chi connectivity index (χ0n) is 9.59. The Morgan fingerprint density at radius 3 is 2.64 bits per heavy atom. The van der Waals surface area contributed by atoms with Crippen molar-refractivity contribution in [3.05, 3.63) is 0 Å². The highest BCUT2D eigenvalue weighted by atomic mass is 16.3. The maximum atomic E-state index is 10.2. The van der Waals surface area contributed by atoms with Crippen LogP contribution in [0.2, 0.25) is 0 Å². The molecule has 2 saturated carbocycles. The minimum Gasteiger partial charge on any atom is -0.390 e. The van der Waals surface area contributed by atoms with Crippen molar-refractivity contribution in [1.29, 1.82) is 0 Å². The molecule has 0 aromatic carbocycles. The van der Waals surface area contributed by atoms with Gasteiger partial charge in [-0.3, -0.25) is 0 Å².